The first-order chi connectivity index (χ1) is 15.3. The van der Waals surface area contributed by atoms with Crippen molar-refractivity contribution in [1.82, 2.24) is 9.80 Å². The zero-order valence-electron chi connectivity index (χ0n) is 17.7. The molecule has 2 aromatic carbocycles. The summed E-state index contributed by atoms with van der Waals surface area (Å²) >= 11 is 0. The Morgan fingerprint density at radius 2 is 1.62 bits per heavy atom. The molecular weight excluding hydrogens is 418 g/mol. The van der Waals surface area contributed by atoms with Gasteiger partial charge in [-0.2, -0.15) is 0 Å². The number of carbonyl (C=O) groups is 2. The van der Waals surface area contributed by atoms with Crippen LogP contribution in [0.15, 0.2) is 42.5 Å². The SMILES string of the molecule is Cc1cc([N+](=O)[O-])ccc1OCCC(=O)N1CCN(C(=O)COc2ccc(O)cc2)CC1. The lowest BCUT2D eigenvalue weighted by atomic mass is 10.2. The predicted octanol–water partition coefficient (Wildman–Crippen LogP) is 2.13. The summed E-state index contributed by atoms with van der Waals surface area (Å²) in [4.78, 5) is 38.4. The monoisotopic (exact) mass is 443 g/mol. The third kappa shape index (κ3) is 6.10. The van der Waals surface area contributed by atoms with Crippen molar-refractivity contribution in [2.45, 2.75) is 13.3 Å². The number of hydrogen-bond acceptors (Lipinski definition) is 7. The number of phenolic OH excluding ortho intramolecular Hbond substituents is 1. The number of nitrogens with zero attached hydrogens (tertiary/aromatic N) is 3. The van der Waals surface area contributed by atoms with Gasteiger partial charge in [0.2, 0.25) is 5.91 Å². The molecule has 1 heterocycles. The van der Waals surface area contributed by atoms with Gasteiger partial charge in [-0.3, -0.25) is 19.7 Å². The molecule has 1 saturated heterocycles. The quantitative estimate of drug-likeness (QED) is 0.490. The van der Waals surface area contributed by atoms with Gasteiger partial charge in [-0.05, 0) is 42.8 Å². The van der Waals surface area contributed by atoms with Crippen LogP contribution in [0.4, 0.5) is 5.69 Å². The van der Waals surface area contributed by atoms with Crippen molar-refractivity contribution in [2.24, 2.45) is 0 Å². The Morgan fingerprint density at radius 1 is 1.00 bits per heavy atom. The first-order valence-corrected chi connectivity index (χ1v) is 10.2. The lowest BCUT2D eigenvalue weighted by Crippen LogP contribution is -2.51. The summed E-state index contributed by atoms with van der Waals surface area (Å²) < 4.78 is 11.0. The number of non-ortho nitro benzene ring substituents is 1. The molecule has 0 radical (unpaired) electrons. The van der Waals surface area contributed by atoms with E-state index in [9.17, 15) is 24.8 Å². The average Bonchev–Trinajstić information content (AvgIpc) is 2.79. The number of aryl methyl sites for hydroxylation is 1. The van der Waals surface area contributed by atoms with Crippen LogP contribution >= 0.6 is 0 Å². The average molecular weight is 443 g/mol. The number of nitro benzene ring substituents is 1. The van der Waals surface area contributed by atoms with E-state index in [1.54, 1.807) is 28.9 Å². The van der Waals surface area contributed by atoms with Crippen molar-refractivity contribution in [2.75, 3.05) is 39.4 Å². The zero-order chi connectivity index (χ0) is 23.1. The third-order valence-electron chi connectivity index (χ3n) is 5.13. The molecule has 0 saturated carbocycles. The molecule has 0 aromatic heterocycles. The number of phenols is 1. The summed E-state index contributed by atoms with van der Waals surface area (Å²) in [7, 11) is 0. The van der Waals surface area contributed by atoms with Gasteiger partial charge < -0.3 is 24.4 Å². The molecule has 1 fully saturated rings. The second-order valence-electron chi connectivity index (χ2n) is 7.35. The molecule has 2 aromatic rings. The van der Waals surface area contributed by atoms with Crippen LogP contribution in [0.25, 0.3) is 0 Å². The number of aromatic hydroxyl groups is 1. The molecule has 0 atom stereocenters. The predicted molar refractivity (Wildman–Crippen MR) is 115 cm³/mol. The number of carbonyl (C=O) groups excluding carboxylic acids is 2. The molecule has 170 valence electrons. The van der Waals surface area contributed by atoms with Gasteiger partial charge in [0.05, 0.1) is 18.0 Å². The van der Waals surface area contributed by atoms with Crippen LogP contribution in [0.2, 0.25) is 0 Å². The van der Waals surface area contributed by atoms with Gasteiger partial charge in [0.1, 0.15) is 17.2 Å². The molecule has 1 N–H and O–H groups in total. The minimum absolute atomic E-state index is 0.00758. The summed E-state index contributed by atoms with van der Waals surface area (Å²) in [5, 5.41) is 20.1. The van der Waals surface area contributed by atoms with E-state index in [0.717, 1.165) is 0 Å². The molecule has 2 amide bonds. The zero-order valence-corrected chi connectivity index (χ0v) is 17.7. The number of piperazine rings is 1. The summed E-state index contributed by atoms with van der Waals surface area (Å²) in [6, 6.07) is 10.5. The summed E-state index contributed by atoms with van der Waals surface area (Å²) in [6.07, 6.45) is 0.175. The van der Waals surface area contributed by atoms with Gasteiger partial charge in [-0.1, -0.05) is 0 Å². The number of hydrogen-bond donors (Lipinski definition) is 1. The van der Waals surface area contributed by atoms with Crippen molar-refractivity contribution in [3.63, 3.8) is 0 Å². The highest BCUT2D eigenvalue weighted by Crippen LogP contribution is 2.23. The molecule has 0 unspecified atom stereocenters. The van der Waals surface area contributed by atoms with Crippen LogP contribution in [0, 0.1) is 17.0 Å². The Morgan fingerprint density at radius 3 is 2.22 bits per heavy atom. The van der Waals surface area contributed by atoms with Crippen LogP contribution in [0.1, 0.15) is 12.0 Å². The lowest BCUT2D eigenvalue weighted by molar-refractivity contribution is -0.384. The molecule has 10 nitrogen and oxygen atoms in total. The van der Waals surface area contributed by atoms with E-state index in [2.05, 4.69) is 0 Å². The first kappa shape index (κ1) is 22.9. The maximum atomic E-state index is 12.4. The number of rotatable bonds is 8. The van der Waals surface area contributed by atoms with E-state index in [1.165, 1.54) is 30.3 Å². The molecule has 0 aliphatic carbocycles. The van der Waals surface area contributed by atoms with Gasteiger partial charge in [-0.25, -0.2) is 0 Å². The molecule has 3 rings (SSSR count). The molecule has 10 heteroatoms. The number of ether oxygens (including phenoxy) is 2. The van der Waals surface area contributed by atoms with Crippen molar-refractivity contribution in [3.05, 3.63) is 58.1 Å². The van der Waals surface area contributed by atoms with Crippen molar-refractivity contribution in [3.8, 4) is 17.2 Å². The Labute approximate surface area is 185 Å². The van der Waals surface area contributed by atoms with Crippen LogP contribution in [-0.2, 0) is 9.59 Å². The number of benzene rings is 2. The Hall–Kier alpha value is -3.82. The van der Waals surface area contributed by atoms with Gasteiger partial charge in [-0.15, -0.1) is 0 Å². The van der Waals surface area contributed by atoms with Gasteiger partial charge in [0, 0.05) is 38.3 Å². The van der Waals surface area contributed by atoms with E-state index in [0.29, 0.717) is 43.2 Å². The van der Waals surface area contributed by atoms with Gasteiger partial charge in [0.15, 0.2) is 6.61 Å². The maximum absolute atomic E-state index is 12.4. The fraction of sp³-hybridized carbons (Fsp3) is 0.364. The third-order valence-corrected chi connectivity index (χ3v) is 5.13. The normalized spacial score (nSPS) is 13.5. The molecule has 1 aliphatic heterocycles. The molecular formula is C22H25N3O7. The highest BCUT2D eigenvalue weighted by Gasteiger charge is 2.24. The minimum Gasteiger partial charge on any atom is -0.508 e. The first-order valence-electron chi connectivity index (χ1n) is 10.2. The molecule has 32 heavy (non-hydrogen) atoms. The topological polar surface area (TPSA) is 122 Å². The summed E-state index contributed by atoms with van der Waals surface area (Å²) in [5.41, 5.74) is 0.625. The second kappa shape index (κ2) is 10.5. The van der Waals surface area contributed by atoms with Crippen LogP contribution in [0.3, 0.4) is 0 Å². The van der Waals surface area contributed by atoms with E-state index in [1.807, 2.05) is 0 Å². The minimum atomic E-state index is -0.468. The lowest BCUT2D eigenvalue weighted by Gasteiger charge is -2.34. The molecule has 0 bridgehead atoms. The Balaban J connectivity index is 1.38. The molecule has 0 spiro atoms. The highest BCUT2D eigenvalue weighted by molar-refractivity contribution is 5.79. The van der Waals surface area contributed by atoms with E-state index >= 15 is 0 Å². The van der Waals surface area contributed by atoms with Crippen molar-refractivity contribution < 1.29 is 29.1 Å². The number of amides is 2. The van der Waals surface area contributed by atoms with E-state index in [-0.39, 0.29) is 42.9 Å². The number of nitro groups is 1. The van der Waals surface area contributed by atoms with Gasteiger partial charge >= 0.3 is 0 Å². The molecule has 1 aliphatic rings. The van der Waals surface area contributed by atoms with Crippen LogP contribution in [0.5, 0.6) is 17.2 Å². The van der Waals surface area contributed by atoms with Crippen LogP contribution in [-0.4, -0.2) is 71.0 Å². The van der Waals surface area contributed by atoms with Gasteiger partial charge in [0.25, 0.3) is 11.6 Å². The summed E-state index contributed by atoms with van der Waals surface area (Å²) in [6.45, 7) is 3.47. The maximum Gasteiger partial charge on any atom is 0.269 e. The van der Waals surface area contributed by atoms with Crippen molar-refractivity contribution >= 4 is 17.5 Å². The fourth-order valence-corrected chi connectivity index (χ4v) is 3.30. The van der Waals surface area contributed by atoms with E-state index in [4.69, 9.17) is 9.47 Å². The van der Waals surface area contributed by atoms with Crippen molar-refractivity contribution in [1.29, 1.82) is 0 Å². The summed E-state index contributed by atoms with van der Waals surface area (Å²) in [5.74, 6) is 0.887. The Kier molecular flexibility index (Phi) is 7.48. The largest absolute Gasteiger partial charge is 0.508 e. The second-order valence-corrected chi connectivity index (χ2v) is 7.35. The fourth-order valence-electron chi connectivity index (χ4n) is 3.30. The van der Waals surface area contributed by atoms with Crippen LogP contribution < -0.4 is 9.47 Å². The van der Waals surface area contributed by atoms with E-state index < -0.39 is 4.92 Å². The standard InChI is InChI=1S/C22H25N3O7/c1-16-14-17(25(29)30)2-7-20(16)31-13-8-21(27)23-9-11-24(12-10-23)22(28)15-32-19-5-3-18(26)4-6-19/h2-7,14,26H,8-13,15H2,1H3. The smallest absolute Gasteiger partial charge is 0.269 e. The Bertz CT molecular complexity index is 970. The highest BCUT2D eigenvalue weighted by atomic mass is 16.6.